The van der Waals surface area contributed by atoms with Gasteiger partial charge in [-0.25, -0.2) is 12.7 Å². The molecule has 26 heavy (non-hydrogen) atoms. The van der Waals surface area contributed by atoms with Gasteiger partial charge in [0.15, 0.2) is 0 Å². The molecule has 144 valence electrons. The van der Waals surface area contributed by atoms with Crippen molar-refractivity contribution in [2.75, 3.05) is 25.4 Å². The maximum absolute atomic E-state index is 12.9. The Morgan fingerprint density at radius 3 is 2.50 bits per heavy atom. The zero-order chi connectivity index (χ0) is 19.0. The molecule has 0 aromatic heterocycles. The molecule has 0 saturated carbocycles. The van der Waals surface area contributed by atoms with Crippen LogP contribution in [0.4, 0.5) is 0 Å². The molecule has 5 nitrogen and oxygen atoms in total. The van der Waals surface area contributed by atoms with Crippen molar-refractivity contribution in [3.05, 3.63) is 48.6 Å². The molecule has 0 radical (unpaired) electrons. The number of carbonyl (C=O) groups is 1. The first kappa shape index (κ1) is 20.6. The standard InChI is InChI=1S/C20H30N2O3S/c1-3-5-16-26(24,25)22-14-11-19(12-15-22)20(23)21(13-4-2)17-18-9-7-6-8-10-18/h4,6-10,19H,2-3,5,11-17H2,1H3. The molecule has 0 aliphatic carbocycles. The fraction of sp³-hybridized carbons (Fsp3) is 0.550. The van der Waals surface area contributed by atoms with Crippen molar-refractivity contribution in [1.82, 2.24) is 9.21 Å². The van der Waals surface area contributed by atoms with Gasteiger partial charge in [0, 0.05) is 32.1 Å². The summed E-state index contributed by atoms with van der Waals surface area (Å²) in [7, 11) is -3.18. The number of benzene rings is 1. The summed E-state index contributed by atoms with van der Waals surface area (Å²) in [5.74, 6) is 0.189. The highest BCUT2D eigenvalue weighted by Gasteiger charge is 2.32. The van der Waals surface area contributed by atoms with E-state index < -0.39 is 10.0 Å². The number of hydrogen-bond donors (Lipinski definition) is 0. The molecule has 1 fully saturated rings. The lowest BCUT2D eigenvalue weighted by molar-refractivity contribution is -0.136. The Hall–Kier alpha value is -1.66. The van der Waals surface area contributed by atoms with Crippen LogP contribution < -0.4 is 0 Å². The Morgan fingerprint density at radius 1 is 1.27 bits per heavy atom. The minimum absolute atomic E-state index is 0.0966. The zero-order valence-corrected chi connectivity index (χ0v) is 16.5. The number of carbonyl (C=O) groups excluding carboxylic acids is 1. The molecular formula is C20H30N2O3S. The molecule has 1 saturated heterocycles. The first-order valence-electron chi connectivity index (χ1n) is 9.39. The van der Waals surface area contributed by atoms with Crippen LogP contribution in [0.5, 0.6) is 0 Å². The number of unbranched alkanes of at least 4 members (excludes halogenated alkanes) is 1. The molecule has 2 rings (SSSR count). The topological polar surface area (TPSA) is 57.7 Å². The summed E-state index contributed by atoms with van der Waals surface area (Å²) in [6.45, 7) is 7.69. The number of piperidine rings is 1. The van der Waals surface area contributed by atoms with E-state index in [9.17, 15) is 13.2 Å². The smallest absolute Gasteiger partial charge is 0.226 e. The van der Waals surface area contributed by atoms with Crippen LogP contribution in [0.2, 0.25) is 0 Å². The van der Waals surface area contributed by atoms with Gasteiger partial charge in [-0.15, -0.1) is 6.58 Å². The van der Waals surface area contributed by atoms with Gasteiger partial charge in [0.25, 0.3) is 0 Å². The maximum Gasteiger partial charge on any atom is 0.226 e. The van der Waals surface area contributed by atoms with Gasteiger partial charge < -0.3 is 4.90 Å². The van der Waals surface area contributed by atoms with E-state index in [4.69, 9.17) is 0 Å². The van der Waals surface area contributed by atoms with Crippen LogP contribution >= 0.6 is 0 Å². The van der Waals surface area contributed by atoms with E-state index in [1.54, 1.807) is 10.4 Å². The van der Waals surface area contributed by atoms with Crippen LogP contribution in [0.3, 0.4) is 0 Å². The van der Waals surface area contributed by atoms with Gasteiger partial charge in [0.1, 0.15) is 0 Å². The Labute approximate surface area is 157 Å². The van der Waals surface area contributed by atoms with Crippen LogP contribution in [0.15, 0.2) is 43.0 Å². The average Bonchev–Trinajstić information content (AvgIpc) is 2.66. The third kappa shape index (κ3) is 5.68. The lowest BCUT2D eigenvalue weighted by Gasteiger charge is -2.33. The van der Waals surface area contributed by atoms with Gasteiger partial charge in [-0.3, -0.25) is 4.79 Å². The van der Waals surface area contributed by atoms with E-state index in [2.05, 4.69) is 6.58 Å². The highest BCUT2D eigenvalue weighted by molar-refractivity contribution is 7.89. The van der Waals surface area contributed by atoms with Gasteiger partial charge in [-0.2, -0.15) is 0 Å². The van der Waals surface area contributed by atoms with Crippen LogP contribution in [0.1, 0.15) is 38.2 Å². The van der Waals surface area contributed by atoms with E-state index in [1.807, 2.05) is 42.2 Å². The maximum atomic E-state index is 12.9. The molecule has 0 spiro atoms. The summed E-state index contributed by atoms with van der Waals surface area (Å²) in [6.07, 6.45) is 4.47. The van der Waals surface area contributed by atoms with Crippen LogP contribution in [0.25, 0.3) is 0 Å². The molecular weight excluding hydrogens is 348 g/mol. The fourth-order valence-corrected chi connectivity index (χ4v) is 4.97. The minimum atomic E-state index is -3.18. The molecule has 1 aromatic rings. The normalized spacial score (nSPS) is 16.3. The Morgan fingerprint density at radius 2 is 1.92 bits per heavy atom. The van der Waals surface area contributed by atoms with Crippen molar-refractivity contribution >= 4 is 15.9 Å². The second kappa shape index (κ2) is 9.88. The quantitative estimate of drug-likeness (QED) is 0.621. The summed E-state index contributed by atoms with van der Waals surface area (Å²) in [5.41, 5.74) is 1.09. The molecule has 0 bridgehead atoms. The number of sulfonamides is 1. The first-order chi connectivity index (χ1) is 12.5. The third-order valence-corrected chi connectivity index (χ3v) is 6.79. The number of hydrogen-bond acceptors (Lipinski definition) is 3. The zero-order valence-electron chi connectivity index (χ0n) is 15.6. The monoisotopic (exact) mass is 378 g/mol. The number of amides is 1. The molecule has 1 aliphatic heterocycles. The number of nitrogens with zero attached hydrogens (tertiary/aromatic N) is 2. The second-order valence-corrected chi connectivity index (χ2v) is 8.92. The summed E-state index contributed by atoms with van der Waals surface area (Å²) < 4.78 is 26.2. The lowest BCUT2D eigenvalue weighted by atomic mass is 9.96. The van der Waals surface area contributed by atoms with Gasteiger partial charge in [0.2, 0.25) is 15.9 Å². The van der Waals surface area contributed by atoms with E-state index in [-0.39, 0.29) is 17.6 Å². The van der Waals surface area contributed by atoms with Crippen molar-refractivity contribution in [3.63, 3.8) is 0 Å². The molecule has 6 heteroatoms. The highest BCUT2D eigenvalue weighted by atomic mass is 32.2. The Kier molecular flexibility index (Phi) is 7.85. The largest absolute Gasteiger partial charge is 0.334 e. The Balaban J connectivity index is 1.95. The minimum Gasteiger partial charge on any atom is -0.334 e. The van der Waals surface area contributed by atoms with Crippen molar-refractivity contribution in [1.29, 1.82) is 0 Å². The van der Waals surface area contributed by atoms with Crippen LogP contribution in [-0.2, 0) is 21.4 Å². The first-order valence-corrected chi connectivity index (χ1v) is 11.0. The van der Waals surface area contributed by atoms with Crippen molar-refractivity contribution < 1.29 is 13.2 Å². The molecule has 0 atom stereocenters. The predicted octanol–water partition coefficient (Wildman–Crippen LogP) is 3.04. The van der Waals surface area contributed by atoms with Gasteiger partial charge >= 0.3 is 0 Å². The predicted molar refractivity (Wildman–Crippen MR) is 105 cm³/mol. The van der Waals surface area contributed by atoms with Crippen molar-refractivity contribution in [3.8, 4) is 0 Å². The summed E-state index contributed by atoms with van der Waals surface area (Å²) in [5, 5.41) is 0. The summed E-state index contributed by atoms with van der Waals surface area (Å²) >= 11 is 0. The lowest BCUT2D eigenvalue weighted by Crippen LogP contribution is -2.44. The third-order valence-electron chi connectivity index (χ3n) is 4.83. The molecule has 1 aromatic carbocycles. The van der Waals surface area contributed by atoms with Crippen LogP contribution in [0, 0.1) is 5.92 Å². The van der Waals surface area contributed by atoms with Gasteiger partial charge in [0.05, 0.1) is 5.75 Å². The second-order valence-electron chi connectivity index (χ2n) is 6.84. The average molecular weight is 379 g/mol. The van der Waals surface area contributed by atoms with E-state index >= 15 is 0 Å². The van der Waals surface area contributed by atoms with Crippen molar-refractivity contribution in [2.45, 2.75) is 39.2 Å². The highest BCUT2D eigenvalue weighted by Crippen LogP contribution is 2.23. The summed E-state index contributed by atoms with van der Waals surface area (Å²) in [4.78, 5) is 14.7. The molecule has 0 N–H and O–H groups in total. The van der Waals surface area contributed by atoms with Crippen LogP contribution in [-0.4, -0.2) is 48.9 Å². The Bertz CT molecular complexity index is 680. The summed E-state index contributed by atoms with van der Waals surface area (Å²) in [6, 6.07) is 9.90. The molecule has 1 heterocycles. The fourth-order valence-electron chi connectivity index (χ4n) is 3.29. The molecule has 0 unspecified atom stereocenters. The van der Waals surface area contributed by atoms with E-state index in [0.717, 1.165) is 12.0 Å². The van der Waals surface area contributed by atoms with Gasteiger partial charge in [-0.1, -0.05) is 49.8 Å². The van der Waals surface area contributed by atoms with Crippen molar-refractivity contribution in [2.24, 2.45) is 5.92 Å². The molecule has 1 amide bonds. The van der Waals surface area contributed by atoms with Gasteiger partial charge in [-0.05, 0) is 24.8 Å². The molecule has 1 aliphatic rings. The SMILES string of the molecule is C=CCN(Cc1ccccc1)C(=O)C1CCN(S(=O)(=O)CCCC)CC1. The van der Waals surface area contributed by atoms with E-state index in [1.165, 1.54) is 0 Å². The van der Waals surface area contributed by atoms with E-state index in [0.29, 0.717) is 45.4 Å². The number of rotatable bonds is 9.